The van der Waals surface area contributed by atoms with Crippen LogP contribution < -0.4 is 15.9 Å². The standard InChI is InChI=1S/C20H20N4OS/c1-3-13-9-11-14(12-10-13)18-21-16-8-6-5-7-15(16)17-19(25)22-20(26-4-2)23-24(17)18/h5-12,18H,3-4H2,1-2H3,(H,22,23,25). The molecule has 2 aliphatic heterocycles. The summed E-state index contributed by atoms with van der Waals surface area (Å²) in [4.78, 5) is 17.7. The van der Waals surface area contributed by atoms with Crippen LogP contribution >= 0.6 is 11.8 Å². The highest BCUT2D eigenvalue weighted by molar-refractivity contribution is 8.13. The Morgan fingerprint density at radius 2 is 1.88 bits per heavy atom. The summed E-state index contributed by atoms with van der Waals surface area (Å²) in [5, 5.41) is 11.6. The Labute approximate surface area is 156 Å². The lowest BCUT2D eigenvalue weighted by Crippen LogP contribution is -2.50. The number of hydrogen-bond donors (Lipinski definition) is 1. The summed E-state index contributed by atoms with van der Waals surface area (Å²) in [5.74, 6) is 0.708. The van der Waals surface area contributed by atoms with Crippen LogP contribution in [0.25, 0.3) is 5.70 Å². The Morgan fingerprint density at radius 3 is 2.62 bits per heavy atom. The summed E-state index contributed by atoms with van der Waals surface area (Å²) < 4.78 is 0. The van der Waals surface area contributed by atoms with Gasteiger partial charge in [0.15, 0.2) is 11.3 Å². The lowest BCUT2D eigenvalue weighted by Gasteiger charge is -2.34. The van der Waals surface area contributed by atoms with Gasteiger partial charge < -0.3 is 0 Å². The quantitative estimate of drug-likeness (QED) is 0.908. The molecule has 0 saturated heterocycles. The number of hydrogen-bond acceptors (Lipinski definition) is 5. The Bertz CT molecular complexity index is 997. The Hall–Kier alpha value is -2.60. The van der Waals surface area contributed by atoms with Gasteiger partial charge >= 0.3 is 0 Å². The number of rotatable bonds is 3. The van der Waals surface area contributed by atoms with Crippen molar-refractivity contribution < 1.29 is 4.79 Å². The maximum Gasteiger partial charge on any atom is 0.276 e. The molecule has 1 N–H and O–H groups in total. The lowest BCUT2D eigenvalue weighted by molar-refractivity contribution is -0.116. The van der Waals surface area contributed by atoms with Crippen LogP contribution in [0.2, 0.25) is 0 Å². The first kappa shape index (κ1) is 16.8. The van der Waals surface area contributed by atoms with E-state index < -0.39 is 0 Å². The number of amides is 1. The summed E-state index contributed by atoms with van der Waals surface area (Å²) in [6.07, 6.45) is 0.647. The van der Waals surface area contributed by atoms with Crippen molar-refractivity contribution in [2.45, 2.75) is 26.4 Å². The van der Waals surface area contributed by atoms with Crippen LogP contribution in [-0.4, -0.2) is 21.8 Å². The predicted molar refractivity (Wildman–Crippen MR) is 105 cm³/mol. The molecular formula is C20H20N4OS. The monoisotopic (exact) mass is 364 g/mol. The van der Waals surface area contributed by atoms with E-state index in [1.807, 2.05) is 31.2 Å². The van der Waals surface area contributed by atoms with E-state index in [0.717, 1.165) is 28.3 Å². The normalized spacial score (nSPS) is 18.5. The zero-order chi connectivity index (χ0) is 18.1. The Kier molecular flexibility index (Phi) is 4.51. The fraction of sp³-hybridized carbons (Fsp3) is 0.250. The van der Waals surface area contributed by atoms with Crippen molar-refractivity contribution in [3.05, 3.63) is 70.2 Å². The molecule has 2 aliphatic rings. The van der Waals surface area contributed by atoms with Crippen molar-refractivity contribution in [3.8, 4) is 0 Å². The number of thioether (sulfide) groups is 1. The number of benzene rings is 2. The van der Waals surface area contributed by atoms with Crippen LogP contribution in [0.4, 0.5) is 0 Å². The molecule has 0 spiro atoms. The second-order valence-corrected chi connectivity index (χ2v) is 7.35. The number of carbonyl (C=O) groups is 1. The number of carbonyl (C=O) groups excluding carboxylic acids is 1. The summed E-state index contributed by atoms with van der Waals surface area (Å²) in [6, 6.07) is 16.1. The second-order valence-electron chi connectivity index (χ2n) is 6.10. The highest BCUT2D eigenvalue weighted by Crippen LogP contribution is 2.30. The van der Waals surface area contributed by atoms with E-state index in [1.165, 1.54) is 17.3 Å². The Morgan fingerprint density at radius 1 is 1.12 bits per heavy atom. The molecule has 0 saturated carbocycles. The average Bonchev–Trinajstić information content (AvgIpc) is 2.67. The zero-order valence-corrected chi connectivity index (χ0v) is 15.6. The average molecular weight is 364 g/mol. The van der Waals surface area contributed by atoms with Gasteiger partial charge in [0.1, 0.15) is 5.70 Å². The van der Waals surface area contributed by atoms with E-state index in [9.17, 15) is 4.79 Å². The third-order valence-electron chi connectivity index (χ3n) is 4.48. The molecule has 2 heterocycles. The minimum absolute atomic E-state index is 0.131. The maximum absolute atomic E-state index is 12.8. The van der Waals surface area contributed by atoms with Gasteiger partial charge in [0, 0.05) is 5.22 Å². The van der Waals surface area contributed by atoms with Crippen LogP contribution in [0.1, 0.15) is 31.1 Å². The first-order valence-electron chi connectivity index (χ1n) is 8.79. The van der Waals surface area contributed by atoms with Crippen molar-refractivity contribution in [1.82, 2.24) is 10.3 Å². The third-order valence-corrected chi connectivity index (χ3v) is 5.23. The number of aryl methyl sites for hydroxylation is 1. The molecule has 4 rings (SSSR count). The lowest BCUT2D eigenvalue weighted by atomic mass is 10.1. The van der Waals surface area contributed by atoms with Gasteiger partial charge in [-0.25, -0.2) is 5.01 Å². The van der Waals surface area contributed by atoms with Crippen LogP contribution in [0.5, 0.6) is 0 Å². The first-order chi connectivity index (χ1) is 12.7. The number of hydrazone groups is 1. The minimum Gasteiger partial charge on any atom is -0.298 e. The number of para-hydroxylation sites is 1. The molecule has 0 aliphatic carbocycles. The molecule has 1 amide bonds. The van der Waals surface area contributed by atoms with Crippen molar-refractivity contribution in [1.29, 1.82) is 0 Å². The summed E-state index contributed by atoms with van der Waals surface area (Å²) in [5.41, 5.74) is 2.85. The molecule has 2 aromatic carbocycles. The van der Waals surface area contributed by atoms with E-state index in [1.54, 1.807) is 5.01 Å². The molecule has 132 valence electrons. The van der Waals surface area contributed by atoms with E-state index in [2.05, 4.69) is 36.5 Å². The van der Waals surface area contributed by atoms with Crippen molar-refractivity contribution >= 4 is 28.5 Å². The first-order valence-corrected chi connectivity index (χ1v) is 9.77. The van der Waals surface area contributed by atoms with Gasteiger partial charge in [-0.2, -0.15) is 0 Å². The minimum atomic E-state index is -0.343. The molecular weight excluding hydrogens is 344 g/mol. The number of nitrogens with one attached hydrogen (secondary N) is 1. The summed E-state index contributed by atoms with van der Waals surface area (Å²) >= 11 is 1.52. The van der Waals surface area contributed by atoms with Crippen LogP contribution in [0.3, 0.4) is 0 Å². The Balaban J connectivity index is 1.90. The van der Waals surface area contributed by atoms with Gasteiger partial charge in [0.2, 0.25) is 0 Å². The molecule has 1 unspecified atom stereocenters. The van der Waals surface area contributed by atoms with Crippen molar-refractivity contribution in [3.63, 3.8) is 0 Å². The van der Waals surface area contributed by atoms with Gasteiger partial charge in [-0.3, -0.25) is 15.1 Å². The molecule has 0 fully saturated rings. The van der Waals surface area contributed by atoms with Gasteiger partial charge in [-0.15, -0.1) is 5.10 Å². The molecule has 2 aromatic rings. The zero-order valence-electron chi connectivity index (χ0n) is 14.8. The summed E-state index contributed by atoms with van der Waals surface area (Å²) in [6.45, 7) is 4.17. The largest absolute Gasteiger partial charge is 0.298 e. The summed E-state index contributed by atoms with van der Waals surface area (Å²) in [7, 11) is 0. The van der Waals surface area contributed by atoms with Gasteiger partial charge in [-0.05, 0) is 29.4 Å². The topological polar surface area (TPSA) is 57.1 Å². The van der Waals surface area contributed by atoms with E-state index in [4.69, 9.17) is 10.1 Å². The molecule has 0 aromatic heterocycles. The number of amidine groups is 1. The number of fused-ring (bicyclic) bond motifs is 2. The number of nitrogens with zero attached hydrogens (tertiary/aromatic N) is 3. The van der Waals surface area contributed by atoms with Gasteiger partial charge in [-0.1, -0.05) is 68.1 Å². The van der Waals surface area contributed by atoms with E-state index in [-0.39, 0.29) is 12.1 Å². The highest BCUT2D eigenvalue weighted by Gasteiger charge is 2.34. The van der Waals surface area contributed by atoms with Gasteiger partial charge in [0.05, 0.1) is 5.36 Å². The second kappa shape index (κ2) is 6.96. The van der Waals surface area contributed by atoms with E-state index in [0.29, 0.717) is 10.9 Å². The fourth-order valence-corrected chi connectivity index (χ4v) is 3.76. The smallest absolute Gasteiger partial charge is 0.276 e. The molecule has 6 heteroatoms. The van der Waals surface area contributed by atoms with Gasteiger partial charge in [0.25, 0.3) is 5.91 Å². The maximum atomic E-state index is 12.8. The van der Waals surface area contributed by atoms with Crippen molar-refractivity contribution in [2.24, 2.45) is 10.1 Å². The third kappa shape index (κ3) is 2.90. The van der Waals surface area contributed by atoms with E-state index >= 15 is 0 Å². The molecule has 0 radical (unpaired) electrons. The van der Waals surface area contributed by atoms with Crippen molar-refractivity contribution in [2.75, 3.05) is 5.75 Å². The van der Waals surface area contributed by atoms with Crippen LogP contribution in [-0.2, 0) is 11.2 Å². The fourth-order valence-electron chi connectivity index (χ4n) is 3.17. The van der Waals surface area contributed by atoms with Crippen LogP contribution in [0, 0.1) is 0 Å². The molecule has 1 atom stereocenters. The predicted octanol–water partition coefficient (Wildman–Crippen LogP) is 2.15. The van der Waals surface area contributed by atoms with Crippen LogP contribution in [0.15, 0.2) is 58.6 Å². The molecule has 26 heavy (non-hydrogen) atoms. The molecule has 5 nitrogen and oxygen atoms in total. The molecule has 0 bridgehead atoms. The highest BCUT2D eigenvalue weighted by atomic mass is 32.2. The SMILES string of the molecule is CCSC1=NN2C(=c3ccccc3=NC2c2ccc(CC)cc2)C(=O)N1.